The van der Waals surface area contributed by atoms with Crippen molar-refractivity contribution in [3.8, 4) is 0 Å². The molecule has 0 aromatic heterocycles. The van der Waals surface area contributed by atoms with E-state index in [1.54, 1.807) is 0 Å². The van der Waals surface area contributed by atoms with Gasteiger partial charge >= 0.3 is 0 Å². The molecule has 21 heavy (non-hydrogen) atoms. The first-order valence-electron chi connectivity index (χ1n) is 7.44. The average Bonchev–Trinajstić information content (AvgIpc) is 2.45. The second-order valence-electron chi connectivity index (χ2n) is 5.77. The van der Waals surface area contributed by atoms with Crippen LogP contribution in [-0.2, 0) is 11.2 Å². The number of hydrogen-bond acceptors (Lipinski definition) is 2. The fraction of sp³-hybridized carbons (Fsp3) is 0.316. The summed E-state index contributed by atoms with van der Waals surface area (Å²) in [5, 5.41) is 0. The van der Waals surface area contributed by atoms with Crippen molar-refractivity contribution in [1.82, 2.24) is 0 Å². The standard InChI is InChI=1S/C19H23NO/c1-14-10-15(2)12-17(11-14)19(20)9-8-18(21)13-16-6-4-3-5-7-16/h3-7,10-12,19H,8-9,13,20H2,1-2H3. The van der Waals surface area contributed by atoms with E-state index in [2.05, 4.69) is 32.0 Å². The minimum absolute atomic E-state index is 0.0664. The first kappa shape index (κ1) is 15.5. The zero-order valence-electron chi connectivity index (χ0n) is 12.8. The van der Waals surface area contributed by atoms with Crippen LogP contribution in [-0.4, -0.2) is 5.78 Å². The third-order valence-corrected chi connectivity index (χ3v) is 3.65. The van der Waals surface area contributed by atoms with E-state index in [4.69, 9.17) is 5.73 Å². The van der Waals surface area contributed by atoms with Gasteiger partial charge < -0.3 is 5.73 Å². The summed E-state index contributed by atoms with van der Waals surface area (Å²) >= 11 is 0. The van der Waals surface area contributed by atoms with Gasteiger partial charge in [0.25, 0.3) is 0 Å². The molecule has 0 aliphatic rings. The monoisotopic (exact) mass is 281 g/mol. The summed E-state index contributed by atoms with van der Waals surface area (Å²) in [4.78, 5) is 12.0. The van der Waals surface area contributed by atoms with Crippen molar-refractivity contribution in [3.05, 3.63) is 70.8 Å². The maximum atomic E-state index is 12.0. The highest BCUT2D eigenvalue weighted by molar-refractivity contribution is 5.80. The normalized spacial score (nSPS) is 12.1. The summed E-state index contributed by atoms with van der Waals surface area (Å²) in [5.74, 6) is 0.251. The van der Waals surface area contributed by atoms with Crippen LogP contribution in [0, 0.1) is 13.8 Å². The number of Topliss-reactive ketones (excluding diaryl/α,β-unsaturated/α-hetero) is 1. The smallest absolute Gasteiger partial charge is 0.137 e. The highest BCUT2D eigenvalue weighted by Crippen LogP contribution is 2.19. The van der Waals surface area contributed by atoms with E-state index in [1.807, 2.05) is 30.3 Å². The lowest BCUT2D eigenvalue weighted by molar-refractivity contribution is -0.118. The number of aryl methyl sites for hydroxylation is 2. The molecular formula is C19H23NO. The summed E-state index contributed by atoms with van der Waals surface area (Å²) < 4.78 is 0. The largest absolute Gasteiger partial charge is 0.324 e. The van der Waals surface area contributed by atoms with Crippen molar-refractivity contribution in [1.29, 1.82) is 0 Å². The molecule has 110 valence electrons. The second-order valence-corrected chi connectivity index (χ2v) is 5.77. The zero-order valence-corrected chi connectivity index (χ0v) is 12.8. The quantitative estimate of drug-likeness (QED) is 0.872. The third-order valence-electron chi connectivity index (χ3n) is 3.65. The predicted molar refractivity (Wildman–Crippen MR) is 87.2 cm³/mol. The molecule has 2 nitrogen and oxygen atoms in total. The number of rotatable bonds is 6. The SMILES string of the molecule is Cc1cc(C)cc(C(N)CCC(=O)Cc2ccccc2)c1. The van der Waals surface area contributed by atoms with E-state index < -0.39 is 0 Å². The van der Waals surface area contributed by atoms with E-state index in [0.717, 1.165) is 11.1 Å². The molecule has 2 N–H and O–H groups in total. The summed E-state index contributed by atoms with van der Waals surface area (Å²) in [7, 11) is 0. The van der Waals surface area contributed by atoms with Crippen LogP contribution in [0.5, 0.6) is 0 Å². The Labute approximate surface area is 127 Å². The van der Waals surface area contributed by atoms with Crippen LogP contribution in [0.3, 0.4) is 0 Å². The molecule has 2 aromatic rings. The Balaban J connectivity index is 1.88. The predicted octanol–water partition coefficient (Wildman–Crippen LogP) is 3.90. The van der Waals surface area contributed by atoms with E-state index in [9.17, 15) is 4.79 Å². The molecule has 0 fully saturated rings. The van der Waals surface area contributed by atoms with Crippen LogP contribution >= 0.6 is 0 Å². The number of carbonyl (C=O) groups excluding carboxylic acids is 1. The van der Waals surface area contributed by atoms with E-state index in [0.29, 0.717) is 19.3 Å². The molecule has 0 saturated heterocycles. The van der Waals surface area contributed by atoms with Gasteiger partial charge in [-0.05, 0) is 31.4 Å². The maximum Gasteiger partial charge on any atom is 0.137 e. The molecule has 0 aliphatic carbocycles. The maximum absolute atomic E-state index is 12.0. The first-order chi connectivity index (χ1) is 10.0. The number of nitrogens with two attached hydrogens (primary N) is 1. The lowest BCUT2D eigenvalue weighted by Gasteiger charge is -2.13. The average molecular weight is 281 g/mol. The molecule has 2 aromatic carbocycles. The summed E-state index contributed by atoms with van der Waals surface area (Å²) in [6.07, 6.45) is 1.73. The van der Waals surface area contributed by atoms with Gasteiger partial charge in [0.1, 0.15) is 5.78 Å². The number of benzene rings is 2. The number of carbonyl (C=O) groups is 1. The van der Waals surface area contributed by atoms with Crippen molar-refractivity contribution >= 4 is 5.78 Å². The molecule has 1 atom stereocenters. The van der Waals surface area contributed by atoms with Crippen molar-refractivity contribution in [2.24, 2.45) is 5.73 Å². The molecule has 2 rings (SSSR count). The second kappa shape index (κ2) is 7.19. The van der Waals surface area contributed by atoms with Gasteiger partial charge in [-0.2, -0.15) is 0 Å². The van der Waals surface area contributed by atoms with Crippen LogP contribution in [0.4, 0.5) is 0 Å². The van der Waals surface area contributed by atoms with Gasteiger partial charge in [-0.15, -0.1) is 0 Å². The van der Waals surface area contributed by atoms with E-state index >= 15 is 0 Å². The highest BCUT2D eigenvalue weighted by atomic mass is 16.1. The van der Waals surface area contributed by atoms with Gasteiger partial charge in [0.05, 0.1) is 0 Å². The lowest BCUT2D eigenvalue weighted by atomic mass is 9.96. The molecule has 0 saturated carbocycles. The van der Waals surface area contributed by atoms with Crippen LogP contribution in [0.25, 0.3) is 0 Å². The van der Waals surface area contributed by atoms with Gasteiger partial charge in [-0.1, -0.05) is 59.7 Å². The van der Waals surface area contributed by atoms with E-state index in [-0.39, 0.29) is 11.8 Å². The summed E-state index contributed by atoms with van der Waals surface area (Å²) in [6.45, 7) is 4.15. The van der Waals surface area contributed by atoms with Gasteiger partial charge in [0, 0.05) is 18.9 Å². The molecule has 0 heterocycles. The Kier molecular flexibility index (Phi) is 5.29. The summed E-state index contributed by atoms with van der Waals surface area (Å²) in [5.41, 5.74) is 10.9. The minimum Gasteiger partial charge on any atom is -0.324 e. The molecule has 0 radical (unpaired) electrons. The Bertz CT molecular complexity index is 584. The fourth-order valence-electron chi connectivity index (χ4n) is 2.62. The Morgan fingerprint density at radius 2 is 1.67 bits per heavy atom. The van der Waals surface area contributed by atoms with Gasteiger partial charge in [-0.25, -0.2) is 0 Å². The van der Waals surface area contributed by atoms with Crippen molar-refractivity contribution in [2.45, 2.75) is 39.2 Å². The van der Waals surface area contributed by atoms with E-state index in [1.165, 1.54) is 11.1 Å². The molecule has 0 aliphatic heterocycles. The number of hydrogen-bond donors (Lipinski definition) is 1. The van der Waals surface area contributed by atoms with Crippen LogP contribution in [0.2, 0.25) is 0 Å². The topological polar surface area (TPSA) is 43.1 Å². The summed E-state index contributed by atoms with van der Waals surface area (Å²) in [6, 6.07) is 16.2. The van der Waals surface area contributed by atoms with Crippen LogP contribution in [0.1, 0.15) is 41.1 Å². The van der Waals surface area contributed by atoms with Crippen molar-refractivity contribution in [2.75, 3.05) is 0 Å². The van der Waals surface area contributed by atoms with Crippen LogP contribution in [0.15, 0.2) is 48.5 Å². The zero-order chi connectivity index (χ0) is 15.2. The van der Waals surface area contributed by atoms with Gasteiger partial charge in [0.2, 0.25) is 0 Å². The molecule has 0 bridgehead atoms. The van der Waals surface area contributed by atoms with Crippen molar-refractivity contribution < 1.29 is 4.79 Å². The first-order valence-corrected chi connectivity index (χ1v) is 7.44. The fourth-order valence-corrected chi connectivity index (χ4v) is 2.62. The molecule has 0 amide bonds. The minimum atomic E-state index is -0.0664. The molecule has 1 unspecified atom stereocenters. The Morgan fingerprint density at radius 1 is 1.05 bits per heavy atom. The van der Waals surface area contributed by atoms with Crippen LogP contribution < -0.4 is 5.73 Å². The Hall–Kier alpha value is -1.93. The number of ketones is 1. The molecular weight excluding hydrogens is 258 g/mol. The lowest BCUT2D eigenvalue weighted by Crippen LogP contribution is -2.13. The highest BCUT2D eigenvalue weighted by Gasteiger charge is 2.10. The van der Waals surface area contributed by atoms with Crippen molar-refractivity contribution in [3.63, 3.8) is 0 Å². The van der Waals surface area contributed by atoms with Gasteiger partial charge in [-0.3, -0.25) is 4.79 Å². The Morgan fingerprint density at radius 3 is 2.29 bits per heavy atom. The third kappa shape index (κ3) is 4.83. The molecule has 0 spiro atoms. The molecule has 2 heteroatoms. The van der Waals surface area contributed by atoms with Gasteiger partial charge in [0.15, 0.2) is 0 Å².